The number of nitrogens with zero attached hydrogens (tertiary/aromatic N) is 1. The highest BCUT2D eigenvalue weighted by Gasteiger charge is 2.17. The van der Waals surface area contributed by atoms with E-state index in [0.717, 1.165) is 22.1 Å². The number of aryl methyl sites for hydroxylation is 1. The molecule has 5 heteroatoms. The van der Waals surface area contributed by atoms with Gasteiger partial charge in [0.1, 0.15) is 16.5 Å². The highest BCUT2D eigenvalue weighted by atomic mass is 32.1. The SMILES string of the molecule is COc1ccc(C(C)NC(C)c2ncc(C)s2)c(OC)c1. The summed E-state index contributed by atoms with van der Waals surface area (Å²) in [4.78, 5) is 5.67. The Hall–Kier alpha value is -1.59. The lowest BCUT2D eigenvalue weighted by atomic mass is 10.1. The molecule has 1 heterocycles. The maximum Gasteiger partial charge on any atom is 0.127 e. The minimum absolute atomic E-state index is 0.157. The van der Waals surface area contributed by atoms with E-state index >= 15 is 0 Å². The fourth-order valence-corrected chi connectivity index (χ4v) is 3.07. The number of hydrogen-bond acceptors (Lipinski definition) is 5. The van der Waals surface area contributed by atoms with Crippen LogP contribution >= 0.6 is 11.3 Å². The van der Waals surface area contributed by atoms with Gasteiger partial charge in [-0.1, -0.05) is 6.07 Å². The van der Waals surface area contributed by atoms with Crippen LogP contribution in [0.15, 0.2) is 24.4 Å². The molecule has 0 aliphatic heterocycles. The van der Waals surface area contributed by atoms with E-state index < -0.39 is 0 Å². The van der Waals surface area contributed by atoms with Crippen molar-refractivity contribution in [3.63, 3.8) is 0 Å². The summed E-state index contributed by atoms with van der Waals surface area (Å²) >= 11 is 1.72. The maximum atomic E-state index is 5.47. The van der Waals surface area contributed by atoms with Crippen LogP contribution in [0.2, 0.25) is 0 Å². The van der Waals surface area contributed by atoms with Gasteiger partial charge in [0.05, 0.1) is 20.3 Å². The van der Waals surface area contributed by atoms with Crippen LogP contribution in [0.5, 0.6) is 11.5 Å². The molecule has 1 aromatic heterocycles. The van der Waals surface area contributed by atoms with Gasteiger partial charge in [-0.05, 0) is 26.8 Å². The second kappa shape index (κ2) is 6.91. The van der Waals surface area contributed by atoms with Gasteiger partial charge < -0.3 is 14.8 Å². The fraction of sp³-hybridized carbons (Fsp3) is 0.438. The van der Waals surface area contributed by atoms with Gasteiger partial charge in [-0.25, -0.2) is 4.98 Å². The first kappa shape index (κ1) is 15.8. The molecule has 0 radical (unpaired) electrons. The van der Waals surface area contributed by atoms with Crippen LogP contribution in [0.4, 0.5) is 0 Å². The van der Waals surface area contributed by atoms with Crippen LogP contribution in [0.1, 0.15) is 41.4 Å². The van der Waals surface area contributed by atoms with Crippen molar-refractivity contribution in [2.45, 2.75) is 32.9 Å². The molecule has 0 saturated heterocycles. The summed E-state index contributed by atoms with van der Waals surface area (Å²) in [5, 5.41) is 4.67. The number of hydrogen-bond donors (Lipinski definition) is 1. The van der Waals surface area contributed by atoms with E-state index in [9.17, 15) is 0 Å². The van der Waals surface area contributed by atoms with Crippen LogP contribution in [-0.2, 0) is 0 Å². The number of nitrogens with one attached hydrogen (secondary N) is 1. The third-order valence-electron chi connectivity index (χ3n) is 3.42. The third kappa shape index (κ3) is 3.74. The molecule has 0 saturated carbocycles. The van der Waals surface area contributed by atoms with E-state index in [-0.39, 0.29) is 12.1 Å². The van der Waals surface area contributed by atoms with E-state index in [0.29, 0.717) is 0 Å². The predicted molar refractivity (Wildman–Crippen MR) is 86.4 cm³/mol. The van der Waals surface area contributed by atoms with Crippen molar-refractivity contribution in [1.82, 2.24) is 10.3 Å². The Kier molecular flexibility index (Phi) is 5.20. The first-order valence-corrected chi connectivity index (χ1v) is 7.77. The van der Waals surface area contributed by atoms with Crippen molar-refractivity contribution in [2.24, 2.45) is 0 Å². The lowest BCUT2D eigenvalue weighted by Gasteiger charge is -2.21. The predicted octanol–water partition coefficient (Wildman–Crippen LogP) is 3.88. The van der Waals surface area contributed by atoms with Gasteiger partial charge in [0.25, 0.3) is 0 Å². The number of rotatable bonds is 6. The zero-order valence-corrected chi connectivity index (χ0v) is 14.0. The van der Waals surface area contributed by atoms with Gasteiger partial charge >= 0.3 is 0 Å². The Balaban J connectivity index is 2.14. The normalized spacial score (nSPS) is 13.8. The van der Waals surface area contributed by atoms with Crippen molar-refractivity contribution in [1.29, 1.82) is 0 Å². The van der Waals surface area contributed by atoms with E-state index in [1.807, 2.05) is 24.4 Å². The number of thiazole rings is 1. The Morgan fingerprint density at radius 2 is 1.90 bits per heavy atom. The molecule has 2 aromatic rings. The molecule has 4 nitrogen and oxygen atoms in total. The highest BCUT2D eigenvalue weighted by Crippen LogP contribution is 2.31. The van der Waals surface area contributed by atoms with Crippen LogP contribution in [0.25, 0.3) is 0 Å². The molecule has 21 heavy (non-hydrogen) atoms. The Labute approximate surface area is 130 Å². The molecule has 0 aliphatic rings. The standard InChI is InChI=1S/C16H22N2O2S/c1-10-9-17-16(21-10)12(3)18-11(2)14-7-6-13(19-4)8-15(14)20-5/h6-9,11-12,18H,1-5H3. The molecular formula is C16H22N2O2S. The van der Waals surface area contributed by atoms with Crippen molar-refractivity contribution in [3.8, 4) is 11.5 Å². The second-order valence-corrected chi connectivity index (χ2v) is 6.29. The van der Waals surface area contributed by atoms with Gasteiger partial charge in [0.2, 0.25) is 0 Å². The van der Waals surface area contributed by atoms with E-state index in [1.54, 1.807) is 25.6 Å². The summed E-state index contributed by atoms with van der Waals surface area (Å²) < 4.78 is 10.7. The lowest BCUT2D eigenvalue weighted by Crippen LogP contribution is -2.22. The van der Waals surface area contributed by atoms with Crippen molar-refractivity contribution >= 4 is 11.3 Å². The van der Waals surface area contributed by atoms with Crippen molar-refractivity contribution < 1.29 is 9.47 Å². The molecule has 0 aliphatic carbocycles. The largest absolute Gasteiger partial charge is 0.497 e. The number of methoxy groups -OCH3 is 2. The van der Waals surface area contributed by atoms with E-state index in [1.165, 1.54) is 4.88 Å². The molecule has 1 aromatic carbocycles. The van der Waals surface area contributed by atoms with Gasteiger partial charge in [-0.3, -0.25) is 0 Å². The molecule has 0 fully saturated rings. The summed E-state index contributed by atoms with van der Waals surface area (Å²) in [5.74, 6) is 1.63. The average molecular weight is 306 g/mol. The van der Waals surface area contributed by atoms with Crippen LogP contribution in [-0.4, -0.2) is 19.2 Å². The number of ether oxygens (including phenoxy) is 2. The lowest BCUT2D eigenvalue weighted by molar-refractivity contribution is 0.382. The van der Waals surface area contributed by atoms with Gasteiger partial charge in [0, 0.05) is 28.7 Å². The smallest absolute Gasteiger partial charge is 0.127 e. The van der Waals surface area contributed by atoms with E-state index in [4.69, 9.17) is 9.47 Å². The van der Waals surface area contributed by atoms with Crippen molar-refractivity contribution in [2.75, 3.05) is 14.2 Å². The maximum absolute atomic E-state index is 5.47. The van der Waals surface area contributed by atoms with E-state index in [2.05, 4.69) is 31.1 Å². The third-order valence-corrected chi connectivity index (χ3v) is 4.51. The Morgan fingerprint density at radius 3 is 2.48 bits per heavy atom. The number of aromatic nitrogens is 1. The quantitative estimate of drug-likeness (QED) is 0.879. The Bertz CT molecular complexity index is 598. The molecule has 2 atom stereocenters. The van der Waals surface area contributed by atoms with Gasteiger partial charge in [-0.15, -0.1) is 11.3 Å². The highest BCUT2D eigenvalue weighted by molar-refractivity contribution is 7.11. The fourth-order valence-electron chi connectivity index (χ4n) is 2.28. The van der Waals surface area contributed by atoms with Crippen LogP contribution in [0.3, 0.4) is 0 Å². The summed E-state index contributed by atoms with van der Waals surface area (Å²) in [6, 6.07) is 6.25. The summed E-state index contributed by atoms with van der Waals surface area (Å²) in [5.41, 5.74) is 1.11. The van der Waals surface area contributed by atoms with Crippen LogP contribution < -0.4 is 14.8 Å². The zero-order valence-electron chi connectivity index (χ0n) is 13.1. The molecule has 2 rings (SSSR count). The molecule has 1 N–H and O–H groups in total. The van der Waals surface area contributed by atoms with Crippen molar-refractivity contribution in [3.05, 3.63) is 39.8 Å². The van der Waals surface area contributed by atoms with Gasteiger partial charge in [0.15, 0.2) is 0 Å². The summed E-state index contributed by atoms with van der Waals surface area (Å²) in [7, 11) is 3.33. The topological polar surface area (TPSA) is 43.4 Å². The molecule has 2 unspecified atom stereocenters. The van der Waals surface area contributed by atoms with Crippen LogP contribution in [0, 0.1) is 6.92 Å². The number of benzene rings is 1. The first-order chi connectivity index (χ1) is 10.0. The molecule has 0 bridgehead atoms. The summed E-state index contributed by atoms with van der Waals surface area (Å²) in [6.45, 7) is 6.33. The first-order valence-electron chi connectivity index (χ1n) is 6.95. The van der Waals surface area contributed by atoms with Gasteiger partial charge in [-0.2, -0.15) is 0 Å². The monoisotopic (exact) mass is 306 g/mol. The molecule has 0 spiro atoms. The second-order valence-electron chi connectivity index (χ2n) is 5.03. The average Bonchev–Trinajstić information content (AvgIpc) is 2.93. The molecular weight excluding hydrogens is 284 g/mol. The molecule has 114 valence electrons. The minimum atomic E-state index is 0.157. The Morgan fingerprint density at radius 1 is 1.14 bits per heavy atom. The minimum Gasteiger partial charge on any atom is -0.497 e. The zero-order chi connectivity index (χ0) is 15.4. The summed E-state index contributed by atoms with van der Waals surface area (Å²) in [6.07, 6.45) is 1.91. The molecule has 0 amide bonds.